The van der Waals surface area contributed by atoms with Crippen molar-refractivity contribution in [3.63, 3.8) is 0 Å². The third-order valence-electron chi connectivity index (χ3n) is 4.95. The van der Waals surface area contributed by atoms with E-state index in [1.807, 2.05) is 23.2 Å². The van der Waals surface area contributed by atoms with Crippen LogP contribution in [0.5, 0.6) is 0 Å². The van der Waals surface area contributed by atoms with Gasteiger partial charge in [-0.05, 0) is 12.0 Å². The molecule has 2 aliphatic rings. The number of aliphatic hydroxyl groups is 1. The average Bonchev–Trinajstić information content (AvgIpc) is 3.23. The predicted molar refractivity (Wildman–Crippen MR) is 78.9 cm³/mol. The van der Waals surface area contributed by atoms with Gasteiger partial charge >= 0.3 is 0 Å². The number of hydrogen-bond acceptors (Lipinski definition) is 4. The molecule has 0 spiro atoms. The van der Waals surface area contributed by atoms with Crippen LogP contribution in [-0.4, -0.2) is 29.4 Å². The fourth-order valence-corrected chi connectivity index (χ4v) is 3.94. The van der Waals surface area contributed by atoms with Gasteiger partial charge in [-0.15, -0.1) is 10.2 Å². The van der Waals surface area contributed by atoms with Crippen LogP contribution < -0.4 is 0 Å². The Bertz CT molecular complexity index is 852. The molecular formula is C16H15N5O. The van der Waals surface area contributed by atoms with Gasteiger partial charge in [0.25, 0.3) is 0 Å². The molecule has 2 aromatic heterocycles. The number of aryl methyl sites for hydroxylation is 1. The molecule has 3 aromatic rings. The van der Waals surface area contributed by atoms with E-state index in [0.29, 0.717) is 5.82 Å². The highest BCUT2D eigenvalue weighted by atomic mass is 16.3. The Morgan fingerprint density at radius 3 is 3.05 bits per heavy atom. The van der Waals surface area contributed by atoms with Gasteiger partial charge in [0.05, 0.1) is 24.3 Å². The summed E-state index contributed by atoms with van der Waals surface area (Å²) in [6.07, 6.45) is 5.74. The van der Waals surface area contributed by atoms with Crippen LogP contribution in [0.15, 0.2) is 43.1 Å². The van der Waals surface area contributed by atoms with E-state index in [0.717, 1.165) is 18.7 Å². The van der Waals surface area contributed by atoms with E-state index < -0.39 is 6.10 Å². The molecular weight excluding hydrogens is 278 g/mol. The maximum absolute atomic E-state index is 10.8. The minimum absolute atomic E-state index is 0.0771. The van der Waals surface area contributed by atoms with Crippen molar-refractivity contribution >= 4 is 0 Å². The zero-order valence-corrected chi connectivity index (χ0v) is 11.9. The number of aliphatic hydroxyl groups excluding tert-OH is 1. The van der Waals surface area contributed by atoms with Crippen molar-refractivity contribution < 1.29 is 5.11 Å². The van der Waals surface area contributed by atoms with Gasteiger partial charge in [0.15, 0.2) is 5.82 Å². The minimum Gasteiger partial charge on any atom is -0.385 e. The Labute approximate surface area is 127 Å². The Morgan fingerprint density at radius 2 is 2.09 bits per heavy atom. The standard InChI is InChI=1S/C16H15N5O/c22-15-12(5-6-20-9-18-19-16(15)20)14-11-4-2-1-3-10(11)13-7-17-8-21(13)14/h1-4,7-9,12,14-15,22H,5-6H2/t12-,14+,15-/m1/s1. The highest BCUT2D eigenvalue weighted by molar-refractivity contribution is 5.69. The van der Waals surface area contributed by atoms with Crippen molar-refractivity contribution in [2.24, 2.45) is 5.92 Å². The molecule has 0 radical (unpaired) electrons. The molecule has 0 unspecified atom stereocenters. The molecule has 0 aliphatic carbocycles. The largest absolute Gasteiger partial charge is 0.385 e. The second kappa shape index (κ2) is 4.27. The third kappa shape index (κ3) is 1.45. The molecule has 110 valence electrons. The van der Waals surface area contributed by atoms with Crippen LogP contribution in [0.2, 0.25) is 0 Å². The molecule has 3 atom stereocenters. The van der Waals surface area contributed by atoms with E-state index >= 15 is 0 Å². The van der Waals surface area contributed by atoms with Crippen molar-refractivity contribution in [2.75, 3.05) is 0 Å². The van der Waals surface area contributed by atoms with Crippen LogP contribution in [0.1, 0.15) is 30.0 Å². The molecule has 22 heavy (non-hydrogen) atoms. The Kier molecular flexibility index (Phi) is 2.35. The molecule has 5 rings (SSSR count). The molecule has 0 saturated heterocycles. The maximum atomic E-state index is 10.8. The zero-order valence-electron chi connectivity index (χ0n) is 11.9. The number of benzene rings is 1. The third-order valence-corrected chi connectivity index (χ3v) is 4.95. The molecule has 6 heteroatoms. The number of imidazole rings is 1. The summed E-state index contributed by atoms with van der Waals surface area (Å²) in [5.74, 6) is 0.746. The number of aromatic nitrogens is 5. The van der Waals surface area contributed by atoms with Gasteiger partial charge in [-0.25, -0.2) is 4.98 Å². The van der Waals surface area contributed by atoms with Crippen LogP contribution in [0.4, 0.5) is 0 Å². The van der Waals surface area contributed by atoms with Crippen LogP contribution in [0, 0.1) is 5.92 Å². The summed E-state index contributed by atoms with van der Waals surface area (Å²) >= 11 is 0. The highest BCUT2D eigenvalue weighted by Gasteiger charge is 2.41. The van der Waals surface area contributed by atoms with Crippen molar-refractivity contribution in [2.45, 2.75) is 25.1 Å². The smallest absolute Gasteiger partial charge is 0.162 e. The van der Waals surface area contributed by atoms with Crippen molar-refractivity contribution in [3.05, 3.63) is 54.5 Å². The topological polar surface area (TPSA) is 68.8 Å². The predicted octanol–water partition coefficient (Wildman–Crippen LogP) is 1.80. The van der Waals surface area contributed by atoms with Crippen LogP contribution in [0.25, 0.3) is 11.3 Å². The van der Waals surface area contributed by atoms with Gasteiger partial charge in [-0.1, -0.05) is 24.3 Å². The number of fused-ring (bicyclic) bond motifs is 4. The van der Waals surface area contributed by atoms with E-state index in [4.69, 9.17) is 0 Å². The SMILES string of the molecule is O[C@H]1c2nncn2CC[C@@H]1[C@@H]1c2ccccc2-c2cncn21. The fraction of sp³-hybridized carbons (Fsp3) is 0.312. The van der Waals surface area contributed by atoms with E-state index in [1.165, 1.54) is 11.1 Å². The molecule has 4 heterocycles. The van der Waals surface area contributed by atoms with Gasteiger partial charge in [0.1, 0.15) is 12.4 Å². The summed E-state index contributed by atoms with van der Waals surface area (Å²) < 4.78 is 4.13. The van der Waals surface area contributed by atoms with E-state index in [-0.39, 0.29) is 12.0 Å². The first kappa shape index (κ1) is 12.1. The first-order valence-corrected chi connectivity index (χ1v) is 7.51. The molecule has 6 nitrogen and oxygen atoms in total. The summed E-state index contributed by atoms with van der Waals surface area (Å²) in [6, 6.07) is 8.49. The van der Waals surface area contributed by atoms with E-state index in [1.54, 1.807) is 6.33 Å². The number of rotatable bonds is 1. The van der Waals surface area contributed by atoms with Crippen molar-refractivity contribution in [1.29, 1.82) is 0 Å². The normalized spacial score (nSPS) is 25.6. The van der Waals surface area contributed by atoms with Gasteiger partial charge < -0.3 is 14.2 Å². The highest BCUT2D eigenvalue weighted by Crippen LogP contribution is 2.48. The average molecular weight is 293 g/mol. The minimum atomic E-state index is -0.609. The molecule has 1 N–H and O–H groups in total. The number of hydrogen-bond donors (Lipinski definition) is 1. The second-order valence-electron chi connectivity index (χ2n) is 6.00. The Hall–Kier alpha value is -2.47. The second-order valence-corrected chi connectivity index (χ2v) is 6.00. The van der Waals surface area contributed by atoms with Crippen molar-refractivity contribution in [3.8, 4) is 11.3 Å². The summed E-state index contributed by atoms with van der Waals surface area (Å²) in [7, 11) is 0. The Balaban J connectivity index is 1.65. The summed E-state index contributed by atoms with van der Waals surface area (Å²) in [5, 5.41) is 18.8. The van der Waals surface area contributed by atoms with Crippen LogP contribution >= 0.6 is 0 Å². The van der Waals surface area contributed by atoms with Gasteiger partial charge in [0.2, 0.25) is 0 Å². The first-order valence-electron chi connectivity index (χ1n) is 7.51. The lowest BCUT2D eigenvalue weighted by molar-refractivity contribution is 0.0512. The molecule has 1 aromatic carbocycles. The van der Waals surface area contributed by atoms with Gasteiger partial charge in [0, 0.05) is 18.0 Å². The first-order chi connectivity index (χ1) is 10.8. The molecule has 0 fully saturated rings. The summed E-state index contributed by atoms with van der Waals surface area (Å²) in [6.45, 7) is 0.840. The fourth-order valence-electron chi connectivity index (χ4n) is 3.94. The molecule has 0 saturated carbocycles. The van der Waals surface area contributed by atoms with Crippen LogP contribution in [-0.2, 0) is 6.54 Å². The van der Waals surface area contributed by atoms with Crippen molar-refractivity contribution in [1.82, 2.24) is 24.3 Å². The lowest BCUT2D eigenvalue weighted by Crippen LogP contribution is -2.31. The quantitative estimate of drug-likeness (QED) is 0.743. The van der Waals surface area contributed by atoms with Gasteiger partial charge in [-0.3, -0.25) is 0 Å². The molecule has 0 amide bonds. The monoisotopic (exact) mass is 293 g/mol. The molecule has 2 aliphatic heterocycles. The lowest BCUT2D eigenvalue weighted by atomic mass is 9.84. The van der Waals surface area contributed by atoms with E-state index in [2.05, 4.69) is 37.9 Å². The van der Waals surface area contributed by atoms with E-state index in [9.17, 15) is 5.11 Å². The summed E-state index contributed by atoms with van der Waals surface area (Å²) in [4.78, 5) is 4.30. The lowest BCUT2D eigenvalue weighted by Gasteiger charge is -2.33. The van der Waals surface area contributed by atoms with Crippen LogP contribution in [0.3, 0.4) is 0 Å². The maximum Gasteiger partial charge on any atom is 0.162 e. The Morgan fingerprint density at radius 1 is 1.18 bits per heavy atom. The van der Waals surface area contributed by atoms with Gasteiger partial charge in [-0.2, -0.15) is 0 Å². The zero-order chi connectivity index (χ0) is 14.7. The summed E-state index contributed by atoms with van der Waals surface area (Å²) in [5.41, 5.74) is 3.60. The molecule has 0 bridgehead atoms. The number of nitrogens with zero attached hydrogens (tertiary/aromatic N) is 5.